The van der Waals surface area contributed by atoms with Gasteiger partial charge in [-0.3, -0.25) is 15.1 Å². The minimum Gasteiger partial charge on any atom is -0.455 e. The Balaban J connectivity index is 2.30. The molecule has 6 nitrogen and oxygen atoms in total. The molecule has 0 atom stereocenters. The fourth-order valence-electron chi connectivity index (χ4n) is 1.48. The van der Waals surface area contributed by atoms with Gasteiger partial charge in [0.15, 0.2) is 0 Å². The van der Waals surface area contributed by atoms with E-state index in [4.69, 9.17) is 10.5 Å². The van der Waals surface area contributed by atoms with Crippen LogP contribution in [0.5, 0.6) is 11.5 Å². The number of hydrogen-bond donors (Lipinski definition) is 1. The van der Waals surface area contributed by atoms with E-state index in [0.29, 0.717) is 22.7 Å². The number of rotatable bonds is 3. The molecule has 18 heavy (non-hydrogen) atoms. The zero-order valence-electron chi connectivity index (χ0n) is 9.66. The Labute approximate surface area is 103 Å². The number of nitro benzene ring substituents is 1. The van der Waals surface area contributed by atoms with Gasteiger partial charge in [0.2, 0.25) is 0 Å². The normalized spacial score (nSPS) is 10.1. The summed E-state index contributed by atoms with van der Waals surface area (Å²) in [5.74, 6) is 0.813. The van der Waals surface area contributed by atoms with Gasteiger partial charge in [-0.2, -0.15) is 0 Å². The number of ether oxygens (including phenoxy) is 1. The number of nitrogens with two attached hydrogens (primary N) is 1. The lowest BCUT2D eigenvalue weighted by Crippen LogP contribution is -1.93. The van der Waals surface area contributed by atoms with Crippen molar-refractivity contribution in [1.82, 2.24) is 4.98 Å². The number of nitrogen functional groups attached to an aromatic ring is 1. The van der Waals surface area contributed by atoms with Crippen molar-refractivity contribution in [1.29, 1.82) is 0 Å². The average molecular weight is 245 g/mol. The van der Waals surface area contributed by atoms with Crippen molar-refractivity contribution in [2.45, 2.75) is 6.92 Å². The second-order valence-corrected chi connectivity index (χ2v) is 3.76. The highest BCUT2D eigenvalue weighted by Gasteiger charge is 2.12. The number of anilines is 1. The lowest BCUT2D eigenvalue weighted by Gasteiger charge is -2.06. The van der Waals surface area contributed by atoms with E-state index >= 15 is 0 Å². The molecule has 0 radical (unpaired) electrons. The predicted molar refractivity (Wildman–Crippen MR) is 66.6 cm³/mol. The van der Waals surface area contributed by atoms with E-state index < -0.39 is 4.92 Å². The average Bonchev–Trinajstić information content (AvgIpc) is 2.31. The van der Waals surface area contributed by atoms with Crippen LogP contribution in [0.1, 0.15) is 5.56 Å². The van der Waals surface area contributed by atoms with Crippen LogP contribution in [0.15, 0.2) is 36.7 Å². The molecule has 2 rings (SSSR count). The molecule has 0 aliphatic carbocycles. The van der Waals surface area contributed by atoms with Crippen LogP contribution in [-0.2, 0) is 0 Å². The van der Waals surface area contributed by atoms with Crippen LogP contribution in [0.4, 0.5) is 11.4 Å². The summed E-state index contributed by atoms with van der Waals surface area (Å²) >= 11 is 0. The molecule has 1 aromatic heterocycles. The molecule has 0 amide bonds. The number of aromatic nitrogens is 1. The second kappa shape index (κ2) is 4.70. The first-order valence-corrected chi connectivity index (χ1v) is 5.19. The van der Waals surface area contributed by atoms with Gasteiger partial charge < -0.3 is 10.5 Å². The van der Waals surface area contributed by atoms with Crippen molar-refractivity contribution < 1.29 is 9.66 Å². The summed E-state index contributed by atoms with van der Waals surface area (Å²) in [6.07, 6.45) is 2.98. The SMILES string of the molecule is Cc1ccc(Oc2cncc(N)c2)cc1[N+](=O)[O-]. The molecular formula is C12H11N3O3. The van der Waals surface area contributed by atoms with Gasteiger partial charge in [0.25, 0.3) is 5.69 Å². The molecule has 92 valence electrons. The highest BCUT2D eigenvalue weighted by molar-refractivity contribution is 5.47. The maximum Gasteiger partial charge on any atom is 0.276 e. The largest absolute Gasteiger partial charge is 0.455 e. The van der Waals surface area contributed by atoms with Crippen molar-refractivity contribution in [3.8, 4) is 11.5 Å². The summed E-state index contributed by atoms with van der Waals surface area (Å²) in [6, 6.07) is 6.26. The summed E-state index contributed by atoms with van der Waals surface area (Å²) < 4.78 is 5.46. The van der Waals surface area contributed by atoms with E-state index in [2.05, 4.69) is 4.98 Å². The number of nitro groups is 1. The third kappa shape index (κ3) is 2.54. The molecule has 1 aromatic carbocycles. The minimum absolute atomic E-state index is 0.0179. The van der Waals surface area contributed by atoms with E-state index in [9.17, 15) is 10.1 Å². The molecule has 1 heterocycles. The van der Waals surface area contributed by atoms with Gasteiger partial charge in [-0.25, -0.2) is 0 Å². The van der Waals surface area contributed by atoms with Crippen LogP contribution in [0.3, 0.4) is 0 Å². The summed E-state index contributed by atoms with van der Waals surface area (Å²) in [6.45, 7) is 1.67. The third-order valence-corrected chi connectivity index (χ3v) is 2.35. The van der Waals surface area contributed by atoms with E-state index in [1.165, 1.54) is 18.5 Å². The second-order valence-electron chi connectivity index (χ2n) is 3.76. The summed E-state index contributed by atoms with van der Waals surface area (Å²) in [7, 11) is 0. The van der Waals surface area contributed by atoms with Crippen LogP contribution < -0.4 is 10.5 Å². The van der Waals surface area contributed by atoms with E-state index in [1.807, 2.05) is 0 Å². The van der Waals surface area contributed by atoms with Gasteiger partial charge in [0.05, 0.1) is 29.1 Å². The van der Waals surface area contributed by atoms with Crippen LogP contribution in [-0.4, -0.2) is 9.91 Å². The number of pyridine rings is 1. The quantitative estimate of drug-likeness (QED) is 0.663. The van der Waals surface area contributed by atoms with Crippen LogP contribution in [0, 0.1) is 17.0 Å². The van der Waals surface area contributed by atoms with Crippen molar-refractivity contribution in [3.05, 3.63) is 52.3 Å². The molecule has 0 saturated heterocycles. The minimum atomic E-state index is -0.445. The lowest BCUT2D eigenvalue weighted by molar-refractivity contribution is -0.385. The molecule has 2 aromatic rings. The molecule has 2 N–H and O–H groups in total. The molecule has 0 fully saturated rings. The first-order valence-electron chi connectivity index (χ1n) is 5.19. The monoisotopic (exact) mass is 245 g/mol. The number of hydrogen-bond acceptors (Lipinski definition) is 5. The van der Waals surface area contributed by atoms with Crippen molar-refractivity contribution >= 4 is 11.4 Å². The number of aryl methyl sites for hydroxylation is 1. The van der Waals surface area contributed by atoms with Crippen LogP contribution >= 0.6 is 0 Å². The number of benzene rings is 1. The Morgan fingerprint density at radius 1 is 1.28 bits per heavy atom. The Morgan fingerprint density at radius 2 is 2.06 bits per heavy atom. The van der Waals surface area contributed by atoms with Gasteiger partial charge in [0, 0.05) is 11.6 Å². The summed E-state index contributed by atoms with van der Waals surface area (Å²) in [4.78, 5) is 14.2. The van der Waals surface area contributed by atoms with E-state index in [-0.39, 0.29) is 5.69 Å². The lowest BCUT2D eigenvalue weighted by atomic mass is 10.2. The highest BCUT2D eigenvalue weighted by Crippen LogP contribution is 2.28. The molecular weight excluding hydrogens is 234 g/mol. The Kier molecular flexibility index (Phi) is 3.09. The maximum absolute atomic E-state index is 10.8. The smallest absolute Gasteiger partial charge is 0.276 e. The first kappa shape index (κ1) is 11.8. The summed E-state index contributed by atoms with van der Waals surface area (Å²) in [5, 5.41) is 10.8. The van der Waals surface area contributed by atoms with E-state index in [0.717, 1.165) is 0 Å². The molecule has 0 unspecified atom stereocenters. The standard InChI is InChI=1S/C12H11N3O3/c1-8-2-3-10(5-12(8)15(16)17)18-11-4-9(13)6-14-7-11/h2-7H,13H2,1H3. The fourth-order valence-corrected chi connectivity index (χ4v) is 1.48. The Hall–Kier alpha value is -2.63. The third-order valence-electron chi connectivity index (χ3n) is 2.35. The maximum atomic E-state index is 10.8. The van der Waals surface area contributed by atoms with Gasteiger partial charge in [-0.1, -0.05) is 0 Å². The van der Waals surface area contributed by atoms with Gasteiger partial charge >= 0.3 is 0 Å². The molecule has 0 saturated carbocycles. The molecule has 0 spiro atoms. The number of nitrogens with zero attached hydrogens (tertiary/aromatic N) is 2. The topological polar surface area (TPSA) is 91.3 Å². The van der Waals surface area contributed by atoms with Crippen molar-refractivity contribution in [2.75, 3.05) is 5.73 Å². The van der Waals surface area contributed by atoms with Gasteiger partial charge in [-0.05, 0) is 19.1 Å². The zero-order valence-corrected chi connectivity index (χ0v) is 9.66. The predicted octanol–water partition coefficient (Wildman–Crippen LogP) is 2.67. The van der Waals surface area contributed by atoms with Gasteiger partial charge in [-0.15, -0.1) is 0 Å². The Bertz CT molecular complexity index is 599. The molecule has 0 bridgehead atoms. The van der Waals surface area contributed by atoms with Crippen LogP contribution in [0.25, 0.3) is 0 Å². The molecule has 0 aliphatic rings. The highest BCUT2D eigenvalue weighted by atomic mass is 16.6. The molecule has 0 aliphatic heterocycles. The first-order chi connectivity index (χ1) is 8.56. The zero-order chi connectivity index (χ0) is 13.1. The van der Waals surface area contributed by atoms with Gasteiger partial charge in [0.1, 0.15) is 11.5 Å². The van der Waals surface area contributed by atoms with Crippen molar-refractivity contribution in [3.63, 3.8) is 0 Å². The Morgan fingerprint density at radius 3 is 2.72 bits per heavy atom. The van der Waals surface area contributed by atoms with Crippen molar-refractivity contribution in [2.24, 2.45) is 0 Å². The van der Waals surface area contributed by atoms with Crippen LogP contribution in [0.2, 0.25) is 0 Å². The molecule has 6 heteroatoms. The summed E-state index contributed by atoms with van der Waals surface area (Å²) in [5.41, 5.74) is 6.63. The fraction of sp³-hybridized carbons (Fsp3) is 0.0833. The van der Waals surface area contributed by atoms with E-state index in [1.54, 1.807) is 25.1 Å².